The number of hydrogen-bond donors (Lipinski definition) is 1. The molecule has 0 unspecified atom stereocenters. The molecule has 0 atom stereocenters. The maximum absolute atomic E-state index is 13.2. The summed E-state index contributed by atoms with van der Waals surface area (Å²) in [6.45, 7) is 1.58. The van der Waals surface area contributed by atoms with Crippen molar-refractivity contribution in [3.8, 4) is 11.8 Å². The Morgan fingerprint density at radius 1 is 1.31 bits per heavy atom. The van der Waals surface area contributed by atoms with Crippen LogP contribution in [-0.2, 0) is 5.75 Å². The minimum Gasteiger partial charge on any atom is -0.496 e. The number of methoxy groups -OCH3 is 1. The van der Waals surface area contributed by atoms with Gasteiger partial charge in [-0.25, -0.2) is 19.2 Å². The van der Waals surface area contributed by atoms with E-state index < -0.39 is 22.9 Å². The van der Waals surface area contributed by atoms with Crippen molar-refractivity contribution in [1.29, 1.82) is 5.26 Å². The van der Waals surface area contributed by atoms with Crippen LogP contribution >= 0.6 is 11.8 Å². The van der Waals surface area contributed by atoms with Crippen molar-refractivity contribution in [3.63, 3.8) is 0 Å². The Morgan fingerprint density at radius 3 is 2.64 bits per heavy atom. The summed E-state index contributed by atoms with van der Waals surface area (Å²) in [6, 6.07) is 13.4. The number of hydrogen-bond acceptors (Lipinski definition) is 8. The molecule has 0 bridgehead atoms. The maximum atomic E-state index is 13.2. The largest absolute Gasteiger partial charge is 0.496 e. The van der Waals surface area contributed by atoms with Crippen molar-refractivity contribution < 1.29 is 23.2 Å². The van der Waals surface area contributed by atoms with E-state index in [1.54, 1.807) is 25.1 Å². The second-order valence-electron chi connectivity index (χ2n) is 7.32. The van der Waals surface area contributed by atoms with Crippen molar-refractivity contribution in [2.75, 3.05) is 7.11 Å². The number of aryl methyl sites for hydroxylation is 1. The Morgan fingerprint density at radius 2 is 2.03 bits per heavy atom. The molecule has 0 aliphatic carbocycles. The fourth-order valence-electron chi connectivity index (χ4n) is 3.12. The van der Waals surface area contributed by atoms with Gasteiger partial charge in [0.05, 0.1) is 23.8 Å². The zero-order chi connectivity index (χ0) is 26.2. The number of non-ortho nitro benzene ring substituents is 1. The number of nitrogens with zero attached hydrogens (tertiary/aromatic N) is 4. The Kier molecular flexibility index (Phi) is 8.64. The van der Waals surface area contributed by atoms with Gasteiger partial charge in [0, 0.05) is 29.0 Å². The van der Waals surface area contributed by atoms with Crippen LogP contribution in [0.25, 0.3) is 0 Å². The number of rotatable bonds is 9. The van der Waals surface area contributed by atoms with Crippen LogP contribution in [0.2, 0.25) is 0 Å². The van der Waals surface area contributed by atoms with Crippen LogP contribution in [0.3, 0.4) is 0 Å². The first-order valence-electron chi connectivity index (χ1n) is 10.3. The lowest BCUT2D eigenvalue weighted by atomic mass is 10.1. The van der Waals surface area contributed by atoms with Gasteiger partial charge in [-0.1, -0.05) is 0 Å². The van der Waals surface area contributed by atoms with Crippen LogP contribution in [0.4, 0.5) is 14.5 Å². The van der Waals surface area contributed by atoms with Crippen molar-refractivity contribution in [1.82, 2.24) is 10.4 Å². The highest BCUT2D eigenvalue weighted by Gasteiger charge is 2.17. The summed E-state index contributed by atoms with van der Waals surface area (Å²) in [5.41, 5.74) is 3.97. The molecule has 12 heteroatoms. The fourth-order valence-corrected chi connectivity index (χ4v) is 4.16. The molecule has 184 valence electrons. The number of amides is 1. The normalized spacial score (nSPS) is 10.9. The lowest BCUT2D eigenvalue weighted by molar-refractivity contribution is -0.384. The van der Waals surface area contributed by atoms with Crippen LogP contribution in [0.15, 0.2) is 58.7 Å². The molecule has 0 spiro atoms. The van der Waals surface area contributed by atoms with E-state index in [-0.39, 0.29) is 27.6 Å². The van der Waals surface area contributed by atoms with Crippen LogP contribution in [0, 0.1) is 28.4 Å². The lowest BCUT2D eigenvalue weighted by Gasteiger charge is -2.11. The molecule has 1 N–H and O–H groups in total. The topological polar surface area (TPSA) is 131 Å². The van der Waals surface area contributed by atoms with Crippen molar-refractivity contribution in [3.05, 3.63) is 92.2 Å². The van der Waals surface area contributed by atoms with Crippen LogP contribution in [0.1, 0.15) is 44.7 Å². The Balaban J connectivity index is 1.74. The van der Waals surface area contributed by atoms with Gasteiger partial charge in [-0.3, -0.25) is 14.9 Å². The lowest BCUT2D eigenvalue weighted by Crippen LogP contribution is -2.17. The number of halogens is 2. The predicted molar refractivity (Wildman–Crippen MR) is 129 cm³/mol. The minimum absolute atomic E-state index is 0.133. The molecule has 3 rings (SSSR count). The predicted octanol–water partition coefficient (Wildman–Crippen LogP) is 5.17. The van der Waals surface area contributed by atoms with Crippen molar-refractivity contribution in [2.24, 2.45) is 5.10 Å². The Bertz CT molecular complexity index is 1360. The molecule has 0 saturated carbocycles. The van der Waals surface area contributed by atoms with Crippen molar-refractivity contribution >= 4 is 29.6 Å². The van der Waals surface area contributed by atoms with E-state index in [2.05, 4.69) is 15.5 Å². The third kappa shape index (κ3) is 6.39. The molecule has 2 aromatic carbocycles. The summed E-state index contributed by atoms with van der Waals surface area (Å²) in [5, 5.41) is 24.3. The molecule has 9 nitrogen and oxygen atoms in total. The van der Waals surface area contributed by atoms with E-state index in [9.17, 15) is 29.0 Å². The highest BCUT2D eigenvalue weighted by molar-refractivity contribution is 7.98. The number of hydrazone groups is 1. The number of nitriles is 1. The minimum atomic E-state index is -2.76. The van der Waals surface area contributed by atoms with Crippen LogP contribution in [-0.4, -0.2) is 29.1 Å². The summed E-state index contributed by atoms with van der Waals surface area (Å²) < 4.78 is 31.7. The monoisotopic (exact) mass is 511 g/mol. The number of carbonyl (C=O) groups excluding carboxylic acids is 1. The summed E-state index contributed by atoms with van der Waals surface area (Å²) >= 11 is 1.13. The highest BCUT2D eigenvalue weighted by Crippen LogP contribution is 2.32. The summed E-state index contributed by atoms with van der Waals surface area (Å²) in [7, 11) is 1.49. The number of alkyl halides is 2. The van der Waals surface area contributed by atoms with Gasteiger partial charge in [0.15, 0.2) is 0 Å². The van der Waals surface area contributed by atoms with Gasteiger partial charge >= 0.3 is 0 Å². The van der Waals surface area contributed by atoms with Crippen molar-refractivity contribution in [2.45, 2.75) is 24.1 Å². The van der Waals surface area contributed by atoms with Gasteiger partial charge in [-0.15, -0.1) is 11.8 Å². The molecule has 3 aromatic rings. The molecule has 1 amide bonds. The summed E-state index contributed by atoms with van der Waals surface area (Å²) in [5.74, 6) is 0.262. The van der Waals surface area contributed by atoms with Crippen LogP contribution < -0.4 is 10.2 Å². The molecule has 0 saturated heterocycles. The van der Waals surface area contributed by atoms with E-state index in [4.69, 9.17) is 4.74 Å². The standard InChI is InChI=1S/C24H19F2N5O4S/c1-14-9-20(22(25)26)29-24(19(14)11-27)36-13-17-10-15(3-8-21(17)35-2)12-28-30-23(32)16-4-6-18(7-5-16)31(33)34/h3-10,12,22H,13H2,1-2H3,(H,30,32)/b28-12+. The molecular weight excluding hydrogens is 492 g/mol. The molecule has 36 heavy (non-hydrogen) atoms. The molecule has 1 heterocycles. The van der Waals surface area contributed by atoms with Crippen LogP contribution in [0.5, 0.6) is 5.75 Å². The third-order valence-corrected chi connectivity index (χ3v) is 5.95. The number of aromatic nitrogens is 1. The van der Waals surface area contributed by atoms with E-state index in [1.165, 1.54) is 43.7 Å². The first-order chi connectivity index (χ1) is 17.2. The number of ether oxygens (including phenoxy) is 1. The molecule has 0 radical (unpaired) electrons. The first kappa shape index (κ1) is 26.2. The number of thioether (sulfide) groups is 1. The number of nitro groups is 1. The molecule has 0 aliphatic rings. The Hall–Kier alpha value is -4.37. The van der Waals surface area contributed by atoms with Gasteiger partial charge < -0.3 is 4.74 Å². The molecule has 0 aliphatic heterocycles. The molecule has 0 fully saturated rings. The second-order valence-corrected chi connectivity index (χ2v) is 8.28. The smallest absolute Gasteiger partial charge is 0.280 e. The van der Waals surface area contributed by atoms with E-state index in [1.807, 2.05) is 6.07 Å². The van der Waals surface area contributed by atoms with Gasteiger partial charge in [0.2, 0.25) is 0 Å². The average molecular weight is 512 g/mol. The fraction of sp³-hybridized carbons (Fsp3) is 0.167. The second kappa shape index (κ2) is 11.9. The zero-order valence-corrected chi connectivity index (χ0v) is 19.9. The Labute approximate surface area is 209 Å². The zero-order valence-electron chi connectivity index (χ0n) is 19.1. The maximum Gasteiger partial charge on any atom is 0.280 e. The first-order valence-corrected chi connectivity index (χ1v) is 11.3. The summed E-state index contributed by atoms with van der Waals surface area (Å²) in [4.78, 5) is 26.3. The molecule has 1 aromatic heterocycles. The molecular formula is C24H19F2N5O4S. The number of nitrogens with one attached hydrogen (secondary N) is 1. The number of carbonyl (C=O) groups is 1. The summed E-state index contributed by atoms with van der Waals surface area (Å²) in [6.07, 6.45) is -1.36. The van der Waals surface area contributed by atoms with Gasteiger partial charge in [0.25, 0.3) is 18.0 Å². The van der Waals surface area contributed by atoms with Gasteiger partial charge in [-0.05, 0) is 54.4 Å². The number of benzene rings is 2. The van der Waals surface area contributed by atoms with E-state index >= 15 is 0 Å². The number of nitro benzene ring substituents is 1. The number of pyridine rings is 1. The van der Waals surface area contributed by atoms with Gasteiger partial charge in [0.1, 0.15) is 22.5 Å². The third-order valence-electron chi connectivity index (χ3n) is 4.93. The van der Waals surface area contributed by atoms with E-state index in [0.29, 0.717) is 22.4 Å². The SMILES string of the molecule is COc1ccc(/C=N/NC(=O)c2ccc([N+](=O)[O-])cc2)cc1CSc1nc(C(F)F)cc(C)c1C#N. The quantitative estimate of drug-likeness (QED) is 0.181. The average Bonchev–Trinajstić information content (AvgIpc) is 2.87. The highest BCUT2D eigenvalue weighted by atomic mass is 32.2. The van der Waals surface area contributed by atoms with Gasteiger partial charge in [-0.2, -0.15) is 10.4 Å². The van der Waals surface area contributed by atoms with E-state index in [0.717, 1.165) is 11.8 Å².